The zero-order chi connectivity index (χ0) is 21.4. The topological polar surface area (TPSA) is 160 Å². The molecule has 1 aliphatic carbocycles. The number of rotatable bonds is 6. The third-order valence-electron chi connectivity index (χ3n) is 5.02. The second-order valence-electron chi connectivity index (χ2n) is 7.16. The summed E-state index contributed by atoms with van der Waals surface area (Å²) in [6.07, 6.45) is 5.20. The Hall–Kier alpha value is -2.67. The smallest absolute Gasteiger partial charge is 0.352 e. The van der Waals surface area contributed by atoms with Crippen LogP contribution in [0.2, 0.25) is 0 Å². The highest BCUT2D eigenvalue weighted by molar-refractivity contribution is 8.00. The molecule has 0 radical (unpaired) electrons. The maximum absolute atomic E-state index is 12.9. The van der Waals surface area contributed by atoms with Crippen LogP contribution in [0, 0.1) is 0 Å². The molecular formula is C17H20N6O5S2. The monoisotopic (exact) mass is 452 g/mol. The van der Waals surface area contributed by atoms with E-state index in [4.69, 9.17) is 10.6 Å². The van der Waals surface area contributed by atoms with Gasteiger partial charge in [-0.2, -0.15) is 9.36 Å². The molecule has 3 heterocycles. The molecule has 160 valence electrons. The number of hydrogen-bond donors (Lipinski definition) is 3. The standard InChI is InChI=1S/C17H20N6O5S2/c1-7-6-9(16(26)27)23-14(25)11(15(23)29-7)19-13(24)10(12-20-17(18)30-22-12)21-28-8-4-2-3-5-8/h6-8,11,15H,2-5H2,1H3,(H,19,24)(H,26,27)(H2,18,20,22)/t7?,11?,15-/m1/s1. The molecular weight excluding hydrogens is 432 g/mol. The van der Waals surface area contributed by atoms with E-state index in [-0.39, 0.29) is 33.7 Å². The molecule has 2 amide bonds. The number of nitrogens with one attached hydrogen (secondary N) is 1. The normalized spacial score (nSPS) is 26.6. The number of β-lactam (4-membered cyclic amide) rings is 1. The van der Waals surface area contributed by atoms with Crippen molar-refractivity contribution in [1.82, 2.24) is 19.6 Å². The Morgan fingerprint density at radius 1 is 1.40 bits per heavy atom. The van der Waals surface area contributed by atoms with E-state index in [0.717, 1.165) is 37.2 Å². The van der Waals surface area contributed by atoms with Gasteiger partial charge in [-0.25, -0.2) is 4.79 Å². The summed E-state index contributed by atoms with van der Waals surface area (Å²) in [5.41, 5.74) is 5.40. The van der Waals surface area contributed by atoms with Crippen LogP contribution in [0.3, 0.4) is 0 Å². The molecule has 3 atom stereocenters. The second-order valence-corrected chi connectivity index (χ2v) is 9.44. The van der Waals surface area contributed by atoms with Crippen molar-refractivity contribution in [3.05, 3.63) is 17.6 Å². The summed E-state index contributed by atoms with van der Waals surface area (Å²) in [6.45, 7) is 1.83. The highest BCUT2D eigenvalue weighted by Crippen LogP contribution is 2.40. The SMILES string of the molecule is CC1C=C(C(=O)O)N2C(=O)C(NC(=O)C(=NOC3CCCC3)c3nsc(N)n3)[C@H]2S1. The van der Waals surface area contributed by atoms with E-state index in [0.29, 0.717) is 0 Å². The minimum atomic E-state index is -1.18. The van der Waals surface area contributed by atoms with Gasteiger partial charge in [0, 0.05) is 16.8 Å². The van der Waals surface area contributed by atoms with Crippen molar-refractivity contribution in [2.24, 2.45) is 5.16 Å². The number of carboxylic acid groups (broad SMARTS) is 1. The number of nitrogen functional groups attached to an aromatic ring is 1. The number of nitrogens with two attached hydrogens (primary N) is 1. The molecule has 4 N–H and O–H groups in total. The first-order chi connectivity index (χ1) is 14.3. The molecule has 4 rings (SSSR count). The first-order valence-corrected chi connectivity index (χ1v) is 11.1. The lowest BCUT2D eigenvalue weighted by Crippen LogP contribution is -2.71. The molecule has 2 aliphatic heterocycles. The Morgan fingerprint density at radius 2 is 2.13 bits per heavy atom. The molecule has 0 bridgehead atoms. The number of anilines is 1. The number of amides is 2. The zero-order valence-electron chi connectivity index (χ0n) is 16.0. The maximum Gasteiger partial charge on any atom is 0.352 e. The van der Waals surface area contributed by atoms with E-state index < -0.39 is 29.2 Å². The van der Waals surface area contributed by atoms with Crippen molar-refractivity contribution in [3.63, 3.8) is 0 Å². The number of thioether (sulfide) groups is 1. The largest absolute Gasteiger partial charge is 0.477 e. The fraction of sp³-hybridized carbons (Fsp3) is 0.529. The zero-order valence-corrected chi connectivity index (χ0v) is 17.6. The minimum Gasteiger partial charge on any atom is -0.477 e. The van der Waals surface area contributed by atoms with Gasteiger partial charge in [-0.05, 0) is 38.7 Å². The Kier molecular flexibility index (Phi) is 5.64. The predicted molar refractivity (Wildman–Crippen MR) is 110 cm³/mol. The van der Waals surface area contributed by atoms with Crippen LogP contribution in [0.4, 0.5) is 5.13 Å². The van der Waals surface area contributed by atoms with Crippen LogP contribution in [0.1, 0.15) is 38.4 Å². The van der Waals surface area contributed by atoms with Gasteiger partial charge in [-0.1, -0.05) is 5.16 Å². The average molecular weight is 453 g/mol. The molecule has 11 nitrogen and oxygen atoms in total. The summed E-state index contributed by atoms with van der Waals surface area (Å²) in [5.74, 6) is -2.33. The van der Waals surface area contributed by atoms with Crippen LogP contribution in [-0.2, 0) is 19.2 Å². The van der Waals surface area contributed by atoms with Crippen LogP contribution in [-0.4, -0.2) is 65.6 Å². The van der Waals surface area contributed by atoms with Gasteiger partial charge in [0.15, 0.2) is 5.13 Å². The maximum atomic E-state index is 12.9. The van der Waals surface area contributed by atoms with Gasteiger partial charge in [-0.3, -0.25) is 14.5 Å². The van der Waals surface area contributed by atoms with Gasteiger partial charge in [0.2, 0.25) is 11.5 Å². The number of carbonyl (C=O) groups excluding carboxylic acids is 2. The van der Waals surface area contributed by atoms with Crippen molar-refractivity contribution in [2.75, 3.05) is 5.73 Å². The number of nitrogens with zero attached hydrogens (tertiary/aromatic N) is 4. The second kappa shape index (κ2) is 8.22. The summed E-state index contributed by atoms with van der Waals surface area (Å²) in [7, 11) is 0. The third-order valence-corrected chi connectivity index (χ3v) is 6.89. The van der Waals surface area contributed by atoms with Gasteiger partial charge in [0.1, 0.15) is 23.2 Å². The van der Waals surface area contributed by atoms with Crippen molar-refractivity contribution in [1.29, 1.82) is 0 Å². The first kappa shape index (κ1) is 20.6. The Bertz CT molecular complexity index is 941. The molecule has 30 heavy (non-hydrogen) atoms. The van der Waals surface area contributed by atoms with Crippen LogP contribution >= 0.6 is 23.3 Å². The number of hydrogen-bond acceptors (Lipinski definition) is 10. The minimum absolute atomic E-state index is 0.0208. The molecule has 13 heteroatoms. The number of fused-ring (bicyclic) bond motifs is 1. The molecule has 3 aliphatic rings. The van der Waals surface area contributed by atoms with Crippen molar-refractivity contribution in [3.8, 4) is 0 Å². The lowest BCUT2D eigenvalue weighted by Gasteiger charge is -2.49. The van der Waals surface area contributed by atoms with Crippen molar-refractivity contribution in [2.45, 2.75) is 55.4 Å². The van der Waals surface area contributed by atoms with E-state index in [2.05, 4.69) is 19.8 Å². The number of oxime groups is 1. The highest BCUT2D eigenvalue weighted by Gasteiger charge is 2.54. The number of aliphatic carboxylic acids is 1. The van der Waals surface area contributed by atoms with E-state index >= 15 is 0 Å². The predicted octanol–water partition coefficient (Wildman–Crippen LogP) is 0.541. The lowest BCUT2D eigenvalue weighted by atomic mass is 10.0. The summed E-state index contributed by atoms with van der Waals surface area (Å²) in [5, 5.41) is 15.5. The Morgan fingerprint density at radius 3 is 2.77 bits per heavy atom. The number of aromatic nitrogens is 2. The fourth-order valence-corrected chi connectivity index (χ4v) is 5.34. The van der Waals surface area contributed by atoms with E-state index in [1.165, 1.54) is 22.7 Å². The van der Waals surface area contributed by atoms with Crippen LogP contribution in [0.5, 0.6) is 0 Å². The van der Waals surface area contributed by atoms with Gasteiger partial charge < -0.3 is 21.0 Å². The average Bonchev–Trinajstić information content (AvgIpc) is 3.37. The summed E-state index contributed by atoms with van der Waals surface area (Å²) < 4.78 is 4.03. The molecule has 0 aromatic carbocycles. The molecule has 1 aromatic heterocycles. The van der Waals surface area contributed by atoms with Crippen molar-refractivity contribution < 1.29 is 24.3 Å². The number of carbonyl (C=O) groups is 3. The molecule has 1 aromatic rings. The van der Waals surface area contributed by atoms with Crippen LogP contribution in [0.25, 0.3) is 0 Å². The molecule has 2 fully saturated rings. The fourth-order valence-electron chi connectivity index (χ4n) is 3.57. The van der Waals surface area contributed by atoms with E-state index in [1.54, 1.807) is 0 Å². The van der Waals surface area contributed by atoms with E-state index in [9.17, 15) is 19.5 Å². The van der Waals surface area contributed by atoms with Crippen molar-refractivity contribution >= 4 is 51.9 Å². The van der Waals surface area contributed by atoms with Gasteiger partial charge in [-0.15, -0.1) is 11.8 Å². The lowest BCUT2D eigenvalue weighted by molar-refractivity contribution is -0.150. The molecule has 0 spiro atoms. The van der Waals surface area contributed by atoms with E-state index in [1.807, 2.05) is 6.92 Å². The van der Waals surface area contributed by atoms with Gasteiger partial charge in [0.05, 0.1) is 0 Å². The Balaban J connectivity index is 1.51. The van der Waals surface area contributed by atoms with Gasteiger partial charge in [0.25, 0.3) is 11.8 Å². The quantitative estimate of drug-likeness (QED) is 0.318. The van der Waals surface area contributed by atoms with Crippen LogP contribution < -0.4 is 11.1 Å². The summed E-state index contributed by atoms with van der Waals surface area (Å²) >= 11 is 2.30. The molecule has 1 saturated carbocycles. The number of carboxylic acids is 1. The summed E-state index contributed by atoms with van der Waals surface area (Å²) in [6, 6.07) is -0.888. The highest BCUT2D eigenvalue weighted by atomic mass is 32.2. The molecule has 2 unspecified atom stereocenters. The molecule has 1 saturated heterocycles. The summed E-state index contributed by atoms with van der Waals surface area (Å²) in [4.78, 5) is 47.6. The van der Waals surface area contributed by atoms with Gasteiger partial charge >= 0.3 is 5.97 Å². The first-order valence-electron chi connectivity index (χ1n) is 9.43. The Labute approximate surface area is 179 Å². The third kappa shape index (κ3) is 3.86. The van der Waals surface area contributed by atoms with Crippen LogP contribution in [0.15, 0.2) is 16.9 Å².